The van der Waals surface area contributed by atoms with Crippen LogP contribution in [0.15, 0.2) is 0 Å². The second kappa shape index (κ2) is 2.79. The van der Waals surface area contributed by atoms with Gasteiger partial charge in [0.15, 0.2) is 0 Å². The Morgan fingerprint density at radius 1 is 1.25 bits per heavy atom. The molecule has 0 aliphatic heterocycles. The van der Waals surface area contributed by atoms with Crippen molar-refractivity contribution in [2.45, 2.75) is 33.6 Å². The van der Waals surface area contributed by atoms with Crippen LogP contribution in [-0.2, 0) is 14.3 Å². The lowest BCUT2D eigenvalue weighted by molar-refractivity contribution is -0.226. The van der Waals surface area contributed by atoms with Crippen molar-refractivity contribution in [1.82, 2.24) is 0 Å². The van der Waals surface area contributed by atoms with E-state index in [9.17, 15) is 14.7 Å². The summed E-state index contributed by atoms with van der Waals surface area (Å²) in [5.41, 5.74) is -1.40. The minimum absolute atomic E-state index is 0.285. The molecule has 3 saturated carbocycles. The second-order valence-corrected chi connectivity index (χ2v) is 5.78. The molecule has 4 heteroatoms. The molecule has 3 aliphatic rings. The number of carboxylic acid groups (broad SMARTS) is 1. The molecule has 2 bridgehead atoms. The summed E-state index contributed by atoms with van der Waals surface area (Å²) < 4.78 is 4.83. The summed E-state index contributed by atoms with van der Waals surface area (Å²) in [4.78, 5) is 23.3. The van der Waals surface area contributed by atoms with Crippen LogP contribution in [0.1, 0.15) is 33.6 Å². The number of esters is 1. The van der Waals surface area contributed by atoms with E-state index >= 15 is 0 Å². The van der Waals surface area contributed by atoms with Crippen LogP contribution >= 0.6 is 0 Å². The molecule has 16 heavy (non-hydrogen) atoms. The van der Waals surface area contributed by atoms with Crippen LogP contribution in [0.3, 0.4) is 0 Å². The number of hydrogen-bond acceptors (Lipinski definition) is 3. The number of carboxylic acids is 1. The average Bonchev–Trinajstić information content (AvgIpc) is 2.63. The van der Waals surface area contributed by atoms with Gasteiger partial charge in [-0.25, -0.2) is 0 Å². The van der Waals surface area contributed by atoms with Gasteiger partial charge in [-0.3, -0.25) is 9.59 Å². The van der Waals surface area contributed by atoms with E-state index in [2.05, 4.69) is 0 Å². The molecular weight excluding hydrogens is 208 g/mol. The molecule has 0 radical (unpaired) electrons. The summed E-state index contributed by atoms with van der Waals surface area (Å²) in [6, 6.07) is 0. The summed E-state index contributed by atoms with van der Waals surface area (Å²) in [7, 11) is 1.33. The van der Waals surface area contributed by atoms with Crippen LogP contribution in [0.2, 0.25) is 0 Å². The van der Waals surface area contributed by atoms with E-state index in [1.807, 2.05) is 20.8 Å². The molecule has 90 valence electrons. The van der Waals surface area contributed by atoms with E-state index in [4.69, 9.17) is 4.74 Å². The van der Waals surface area contributed by atoms with Crippen LogP contribution in [0.25, 0.3) is 0 Å². The molecule has 3 atom stereocenters. The normalized spacial score (nSPS) is 43.6. The molecule has 0 saturated heterocycles. The molecule has 0 aromatic heterocycles. The number of carbonyl (C=O) groups is 2. The maximum Gasteiger partial charge on any atom is 0.313 e. The number of fused-ring (bicyclic) bond motifs is 1. The highest BCUT2D eigenvalue weighted by Crippen LogP contribution is 2.81. The first-order valence-electron chi connectivity index (χ1n) is 5.57. The Morgan fingerprint density at radius 3 is 2.19 bits per heavy atom. The van der Waals surface area contributed by atoms with Crippen LogP contribution in [0.4, 0.5) is 0 Å². The standard InChI is InChI=1S/C12H18O4/c1-10(2)11(3)5-6-12(10,9(15)16-4)7(11)8(13)14/h7H,5-6H2,1-4H3,(H,13,14)/t7-,11+,12+/m0/s1. The summed E-state index contributed by atoms with van der Waals surface area (Å²) in [6.45, 7) is 5.94. The number of aliphatic carboxylic acids is 1. The molecule has 3 rings (SSSR count). The van der Waals surface area contributed by atoms with E-state index in [1.165, 1.54) is 7.11 Å². The fourth-order valence-corrected chi connectivity index (χ4v) is 4.21. The topological polar surface area (TPSA) is 63.6 Å². The van der Waals surface area contributed by atoms with Gasteiger partial charge in [-0.15, -0.1) is 0 Å². The van der Waals surface area contributed by atoms with Gasteiger partial charge in [-0.2, -0.15) is 0 Å². The van der Waals surface area contributed by atoms with Crippen molar-refractivity contribution >= 4 is 11.9 Å². The van der Waals surface area contributed by atoms with Crippen LogP contribution < -0.4 is 0 Å². The third kappa shape index (κ3) is 0.803. The first-order valence-corrected chi connectivity index (χ1v) is 5.57. The van der Waals surface area contributed by atoms with E-state index < -0.39 is 17.3 Å². The summed E-state index contributed by atoms with van der Waals surface area (Å²) in [5.74, 6) is -1.83. The molecule has 0 unspecified atom stereocenters. The van der Waals surface area contributed by atoms with E-state index in [0.717, 1.165) is 6.42 Å². The predicted molar refractivity (Wildman–Crippen MR) is 56.7 cm³/mol. The van der Waals surface area contributed by atoms with Crippen molar-refractivity contribution in [2.75, 3.05) is 7.11 Å². The Bertz CT molecular complexity index is 373. The number of hydrogen-bond donors (Lipinski definition) is 1. The first kappa shape index (κ1) is 11.4. The van der Waals surface area contributed by atoms with Crippen LogP contribution in [0.5, 0.6) is 0 Å². The second-order valence-electron chi connectivity index (χ2n) is 5.78. The molecular formula is C12H18O4. The molecule has 0 heterocycles. The van der Waals surface area contributed by atoms with Gasteiger partial charge in [-0.05, 0) is 23.7 Å². The maximum atomic E-state index is 12.0. The highest BCUT2D eigenvalue weighted by atomic mass is 16.5. The Labute approximate surface area is 95.0 Å². The highest BCUT2D eigenvalue weighted by Gasteiger charge is 2.83. The number of ether oxygens (including phenoxy) is 1. The Hall–Kier alpha value is -1.06. The van der Waals surface area contributed by atoms with Crippen LogP contribution in [0, 0.1) is 22.2 Å². The van der Waals surface area contributed by atoms with E-state index in [-0.39, 0.29) is 16.8 Å². The maximum absolute atomic E-state index is 12.0. The predicted octanol–water partition coefficient (Wildman–Crippen LogP) is 1.69. The Kier molecular flexibility index (Phi) is 1.99. The van der Waals surface area contributed by atoms with Gasteiger partial charge in [0, 0.05) is 0 Å². The van der Waals surface area contributed by atoms with Crippen molar-refractivity contribution in [2.24, 2.45) is 22.2 Å². The van der Waals surface area contributed by atoms with Gasteiger partial charge in [0.1, 0.15) is 0 Å². The highest BCUT2D eigenvalue weighted by molar-refractivity contribution is 5.90. The van der Waals surface area contributed by atoms with Gasteiger partial charge in [0.2, 0.25) is 0 Å². The number of carbonyl (C=O) groups excluding carboxylic acids is 1. The SMILES string of the molecule is COC(=O)[C@@]12CC[C@](C)([C@@H]1C(=O)O)C2(C)C. The van der Waals surface area contributed by atoms with Gasteiger partial charge < -0.3 is 9.84 Å². The summed E-state index contributed by atoms with van der Waals surface area (Å²) in [5, 5.41) is 9.31. The van der Waals surface area contributed by atoms with Gasteiger partial charge in [0.05, 0.1) is 18.4 Å². The molecule has 3 aliphatic carbocycles. The number of methoxy groups -OCH3 is 1. The lowest BCUT2D eigenvalue weighted by Crippen LogP contribution is -2.68. The molecule has 0 spiro atoms. The number of rotatable bonds is 2. The quantitative estimate of drug-likeness (QED) is 0.728. The van der Waals surface area contributed by atoms with Crippen molar-refractivity contribution in [3.63, 3.8) is 0 Å². The van der Waals surface area contributed by atoms with Crippen molar-refractivity contribution in [3.05, 3.63) is 0 Å². The van der Waals surface area contributed by atoms with E-state index in [0.29, 0.717) is 6.42 Å². The largest absolute Gasteiger partial charge is 0.481 e. The average molecular weight is 226 g/mol. The Morgan fingerprint density at radius 2 is 1.81 bits per heavy atom. The van der Waals surface area contributed by atoms with Gasteiger partial charge in [-0.1, -0.05) is 20.8 Å². The summed E-state index contributed by atoms with van der Waals surface area (Å²) in [6.07, 6.45) is 1.41. The summed E-state index contributed by atoms with van der Waals surface area (Å²) >= 11 is 0. The van der Waals surface area contributed by atoms with Gasteiger partial charge >= 0.3 is 11.9 Å². The molecule has 1 N–H and O–H groups in total. The zero-order valence-electron chi connectivity index (χ0n) is 10.2. The first-order chi connectivity index (χ1) is 7.25. The fraction of sp³-hybridized carbons (Fsp3) is 0.833. The van der Waals surface area contributed by atoms with E-state index in [1.54, 1.807) is 0 Å². The smallest absolute Gasteiger partial charge is 0.313 e. The molecule has 0 amide bonds. The third-order valence-electron chi connectivity index (χ3n) is 5.51. The zero-order chi connectivity index (χ0) is 12.4. The monoisotopic (exact) mass is 226 g/mol. The Balaban J connectivity index is 2.52. The van der Waals surface area contributed by atoms with Crippen molar-refractivity contribution in [1.29, 1.82) is 0 Å². The molecule has 4 nitrogen and oxygen atoms in total. The fourth-order valence-electron chi connectivity index (χ4n) is 4.21. The van der Waals surface area contributed by atoms with Crippen LogP contribution in [-0.4, -0.2) is 24.2 Å². The molecule has 0 aromatic rings. The minimum Gasteiger partial charge on any atom is -0.481 e. The lowest BCUT2D eigenvalue weighted by Gasteiger charge is -2.63. The third-order valence-corrected chi connectivity index (χ3v) is 5.51. The lowest BCUT2D eigenvalue weighted by atomic mass is 9.38. The minimum atomic E-state index is -0.871. The van der Waals surface area contributed by atoms with Crippen molar-refractivity contribution in [3.8, 4) is 0 Å². The van der Waals surface area contributed by atoms with Gasteiger partial charge in [0.25, 0.3) is 0 Å². The van der Waals surface area contributed by atoms with Crippen molar-refractivity contribution < 1.29 is 19.4 Å². The molecule has 0 aromatic carbocycles. The molecule has 3 fully saturated rings. The zero-order valence-corrected chi connectivity index (χ0v) is 10.2.